The van der Waals surface area contributed by atoms with Crippen LogP contribution >= 0.6 is 0 Å². The number of amides is 1. The fourth-order valence-corrected chi connectivity index (χ4v) is 2.17. The standard InChI is InChI=1S/C20H23NO5/c1-13(2)25-17-10-8-15(9-11-17)20(23)26-14(3)19(22)21-16-6-5-7-18(12-16)24-4/h5-14H,1-4H3,(H,21,22)/t14-/m0/s1. The first-order valence-corrected chi connectivity index (χ1v) is 8.31. The quantitative estimate of drug-likeness (QED) is 0.766. The van der Waals surface area contributed by atoms with Crippen molar-refractivity contribution in [2.75, 3.05) is 12.4 Å². The Balaban J connectivity index is 1.94. The van der Waals surface area contributed by atoms with Gasteiger partial charge in [-0.15, -0.1) is 0 Å². The number of hydrogen-bond acceptors (Lipinski definition) is 5. The van der Waals surface area contributed by atoms with E-state index < -0.39 is 18.0 Å². The fraction of sp³-hybridized carbons (Fsp3) is 0.300. The molecular formula is C20H23NO5. The Bertz CT molecular complexity index is 755. The van der Waals surface area contributed by atoms with Crippen molar-refractivity contribution in [3.63, 3.8) is 0 Å². The van der Waals surface area contributed by atoms with Gasteiger partial charge in [0.15, 0.2) is 6.10 Å². The second kappa shape index (κ2) is 8.89. The number of benzene rings is 2. The molecule has 1 N–H and O–H groups in total. The van der Waals surface area contributed by atoms with Crippen LogP contribution in [0.4, 0.5) is 5.69 Å². The zero-order chi connectivity index (χ0) is 19.1. The summed E-state index contributed by atoms with van der Waals surface area (Å²) in [5, 5.41) is 2.69. The van der Waals surface area contributed by atoms with Crippen LogP contribution in [0, 0.1) is 0 Å². The number of ether oxygens (including phenoxy) is 3. The van der Waals surface area contributed by atoms with Crippen LogP contribution in [-0.4, -0.2) is 31.2 Å². The Morgan fingerprint density at radius 3 is 2.27 bits per heavy atom. The molecule has 0 radical (unpaired) electrons. The summed E-state index contributed by atoms with van der Waals surface area (Å²) < 4.78 is 15.9. The second-order valence-electron chi connectivity index (χ2n) is 5.96. The maximum atomic E-state index is 12.2. The van der Waals surface area contributed by atoms with E-state index in [1.807, 2.05) is 13.8 Å². The number of esters is 1. The number of carbonyl (C=O) groups is 2. The van der Waals surface area contributed by atoms with E-state index >= 15 is 0 Å². The molecule has 0 aliphatic rings. The number of nitrogens with one attached hydrogen (secondary N) is 1. The van der Waals surface area contributed by atoms with E-state index in [1.165, 1.54) is 6.92 Å². The number of rotatable bonds is 7. The lowest BCUT2D eigenvalue weighted by Gasteiger charge is -2.14. The van der Waals surface area contributed by atoms with Gasteiger partial charge in [0.2, 0.25) is 0 Å². The molecule has 2 aromatic rings. The average molecular weight is 357 g/mol. The largest absolute Gasteiger partial charge is 0.497 e. The molecule has 1 amide bonds. The van der Waals surface area contributed by atoms with Crippen molar-refractivity contribution in [2.45, 2.75) is 33.0 Å². The van der Waals surface area contributed by atoms with Gasteiger partial charge in [-0.2, -0.15) is 0 Å². The van der Waals surface area contributed by atoms with Crippen LogP contribution < -0.4 is 14.8 Å². The summed E-state index contributed by atoms with van der Waals surface area (Å²) in [6.45, 7) is 5.36. The van der Waals surface area contributed by atoms with Crippen LogP contribution in [0.3, 0.4) is 0 Å². The van der Waals surface area contributed by atoms with Crippen molar-refractivity contribution in [1.29, 1.82) is 0 Å². The molecule has 6 heteroatoms. The number of hydrogen-bond donors (Lipinski definition) is 1. The minimum Gasteiger partial charge on any atom is -0.497 e. The van der Waals surface area contributed by atoms with Gasteiger partial charge in [0.25, 0.3) is 5.91 Å². The first kappa shape index (κ1) is 19.3. The highest BCUT2D eigenvalue weighted by Gasteiger charge is 2.19. The van der Waals surface area contributed by atoms with Crippen LogP contribution in [0.5, 0.6) is 11.5 Å². The SMILES string of the molecule is COc1cccc(NC(=O)[C@H](C)OC(=O)c2ccc(OC(C)C)cc2)c1. The number of anilines is 1. The molecule has 0 spiro atoms. The highest BCUT2D eigenvalue weighted by atomic mass is 16.5. The summed E-state index contributed by atoms with van der Waals surface area (Å²) in [7, 11) is 1.54. The minimum absolute atomic E-state index is 0.0492. The van der Waals surface area contributed by atoms with Crippen LogP contribution in [0.1, 0.15) is 31.1 Å². The summed E-state index contributed by atoms with van der Waals surface area (Å²) in [6, 6.07) is 13.5. The highest BCUT2D eigenvalue weighted by molar-refractivity contribution is 5.97. The van der Waals surface area contributed by atoms with Crippen molar-refractivity contribution in [3.05, 3.63) is 54.1 Å². The van der Waals surface area contributed by atoms with Crippen molar-refractivity contribution in [2.24, 2.45) is 0 Å². The molecule has 26 heavy (non-hydrogen) atoms. The molecule has 0 heterocycles. The number of methoxy groups -OCH3 is 1. The summed E-state index contributed by atoms with van der Waals surface area (Å²) >= 11 is 0. The van der Waals surface area contributed by atoms with E-state index in [0.717, 1.165) is 0 Å². The lowest BCUT2D eigenvalue weighted by Crippen LogP contribution is -2.30. The summed E-state index contributed by atoms with van der Waals surface area (Å²) in [5.41, 5.74) is 0.912. The van der Waals surface area contributed by atoms with E-state index in [9.17, 15) is 9.59 Å². The molecule has 0 aliphatic carbocycles. The van der Waals surface area contributed by atoms with Gasteiger partial charge >= 0.3 is 5.97 Å². The van der Waals surface area contributed by atoms with Crippen LogP contribution in [-0.2, 0) is 9.53 Å². The Labute approximate surface area is 153 Å². The Morgan fingerprint density at radius 2 is 1.65 bits per heavy atom. The predicted molar refractivity (Wildman–Crippen MR) is 98.7 cm³/mol. The van der Waals surface area contributed by atoms with Gasteiger partial charge in [-0.3, -0.25) is 4.79 Å². The lowest BCUT2D eigenvalue weighted by atomic mass is 10.2. The van der Waals surface area contributed by atoms with E-state index in [-0.39, 0.29) is 6.10 Å². The molecule has 0 unspecified atom stereocenters. The highest BCUT2D eigenvalue weighted by Crippen LogP contribution is 2.18. The zero-order valence-corrected chi connectivity index (χ0v) is 15.3. The van der Waals surface area contributed by atoms with Gasteiger partial charge in [0.05, 0.1) is 18.8 Å². The molecular weight excluding hydrogens is 334 g/mol. The third-order valence-electron chi connectivity index (χ3n) is 3.45. The first-order valence-electron chi connectivity index (χ1n) is 8.31. The maximum absolute atomic E-state index is 12.2. The topological polar surface area (TPSA) is 73.9 Å². The third kappa shape index (κ3) is 5.51. The van der Waals surface area contributed by atoms with Gasteiger partial charge < -0.3 is 19.5 Å². The summed E-state index contributed by atoms with van der Waals surface area (Å²) in [6.07, 6.45) is -0.895. The van der Waals surface area contributed by atoms with Crippen LogP contribution in [0.2, 0.25) is 0 Å². The van der Waals surface area contributed by atoms with Crippen LogP contribution in [0.15, 0.2) is 48.5 Å². The van der Waals surface area contributed by atoms with Crippen LogP contribution in [0.25, 0.3) is 0 Å². The Kier molecular flexibility index (Phi) is 6.60. The fourth-order valence-electron chi connectivity index (χ4n) is 2.17. The Morgan fingerprint density at radius 1 is 0.962 bits per heavy atom. The van der Waals surface area contributed by atoms with E-state index in [4.69, 9.17) is 14.2 Å². The van der Waals surface area contributed by atoms with E-state index in [0.29, 0.717) is 22.7 Å². The molecule has 0 aliphatic heterocycles. The monoisotopic (exact) mass is 357 g/mol. The molecule has 1 atom stereocenters. The average Bonchev–Trinajstić information content (AvgIpc) is 2.61. The molecule has 0 saturated carbocycles. The molecule has 0 aromatic heterocycles. The molecule has 0 bridgehead atoms. The number of carbonyl (C=O) groups excluding carboxylic acids is 2. The zero-order valence-electron chi connectivity index (χ0n) is 15.3. The van der Waals surface area contributed by atoms with Gasteiger partial charge in [-0.05, 0) is 57.2 Å². The lowest BCUT2D eigenvalue weighted by molar-refractivity contribution is -0.123. The van der Waals surface area contributed by atoms with Gasteiger partial charge in [0.1, 0.15) is 11.5 Å². The van der Waals surface area contributed by atoms with Gasteiger partial charge in [0, 0.05) is 11.8 Å². The molecule has 2 aromatic carbocycles. The molecule has 6 nitrogen and oxygen atoms in total. The summed E-state index contributed by atoms with van der Waals surface area (Å²) in [4.78, 5) is 24.4. The molecule has 0 fully saturated rings. The molecule has 2 rings (SSSR count). The molecule has 138 valence electrons. The van der Waals surface area contributed by atoms with Gasteiger partial charge in [-0.25, -0.2) is 4.79 Å². The van der Waals surface area contributed by atoms with E-state index in [1.54, 1.807) is 55.6 Å². The second-order valence-corrected chi connectivity index (χ2v) is 5.96. The van der Waals surface area contributed by atoms with E-state index in [2.05, 4.69) is 5.32 Å². The van der Waals surface area contributed by atoms with Crippen molar-refractivity contribution < 1.29 is 23.8 Å². The third-order valence-corrected chi connectivity index (χ3v) is 3.45. The predicted octanol–water partition coefficient (Wildman–Crippen LogP) is 3.67. The molecule has 0 saturated heterocycles. The summed E-state index contributed by atoms with van der Waals surface area (Å²) in [5.74, 6) is 0.289. The van der Waals surface area contributed by atoms with Gasteiger partial charge in [-0.1, -0.05) is 6.07 Å². The maximum Gasteiger partial charge on any atom is 0.338 e. The minimum atomic E-state index is -0.944. The smallest absolute Gasteiger partial charge is 0.338 e. The van der Waals surface area contributed by atoms with Crippen molar-refractivity contribution in [3.8, 4) is 11.5 Å². The van der Waals surface area contributed by atoms with Crippen molar-refractivity contribution in [1.82, 2.24) is 0 Å². The Hall–Kier alpha value is -3.02. The first-order chi connectivity index (χ1) is 12.4. The van der Waals surface area contributed by atoms with Crippen molar-refractivity contribution >= 4 is 17.6 Å². The normalized spacial score (nSPS) is 11.6.